The Hall–Kier alpha value is -2.10. The van der Waals surface area contributed by atoms with Gasteiger partial charge in [0.1, 0.15) is 0 Å². The van der Waals surface area contributed by atoms with Gasteiger partial charge >= 0.3 is 88.3 Å². The van der Waals surface area contributed by atoms with E-state index in [9.17, 15) is 123 Å². The van der Waals surface area contributed by atoms with Crippen LogP contribution < -0.4 is 0 Å². The molecule has 0 spiro atoms. The summed E-state index contributed by atoms with van der Waals surface area (Å²) in [4.78, 5) is 0. The van der Waals surface area contributed by atoms with Crippen molar-refractivity contribution < 1.29 is 132 Å². The molecule has 30 heteroatoms. The molecule has 0 aromatic rings. The number of hydrogen-bond acceptors (Lipinski definition) is 0. The second-order valence-corrected chi connectivity index (χ2v) is 10.1. The van der Waals surface area contributed by atoms with Crippen LogP contribution in [0.3, 0.4) is 0 Å². The monoisotopic (exact) mass is 774 g/mol. The Labute approximate surface area is 233 Å². The fraction of sp³-hybridized carbons (Fsp3) is 1.00. The molecule has 3 fully saturated rings. The third-order valence-electron chi connectivity index (χ3n) is 7.96. The first-order chi connectivity index (χ1) is 19.8. The number of rotatable bonds is 2. The summed E-state index contributed by atoms with van der Waals surface area (Å²) in [5.74, 6) is -125. The Morgan fingerprint density at radius 1 is 0.191 bits per heavy atom. The Morgan fingerprint density at radius 3 is 0.617 bits per heavy atom. The topological polar surface area (TPSA) is 0 Å². The van der Waals surface area contributed by atoms with Crippen molar-refractivity contribution in [2.24, 2.45) is 0 Å². The smallest absolute Gasteiger partial charge is 0.226 e. The van der Waals surface area contributed by atoms with Gasteiger partial charge in [-0.2, -0.15) is 114 Å². The molecule has 0 aromatic heterocycles. The minimum atomic E-state index is -10.6. The summed E-state index contributed by atoms with van der Waals surface area (Å²) >= 11 is 0. The zero-order chi connectivity index (χ0) is 38.5. The van der Waals surface area contributed by atoms with Crippen molar-refractivity contribution in [3.05, 3.63) is 0 Å². The second kappa shape index (κ2) is 8.10. The van der Waals surface area contributed by atoms with Gasteiger partial charge in [0.25, 0.3) is 11.3 Å². The van der Waals surface area contributed by atoms with Gasteiger partial charge in [-0.05, 0) is 0 Å². The van der Waals surface area contributed by atoms with Gasteiger partial charge in [0.2, 0.25) is 0 Å². The first kappa shape index (κ1) is 39.3. The molecule has 3 aliphatic rings. The molecule has 0 bridgehead atoms. The van der Waals surface area contributed by atoms with Gasteiger partial charge in [-0.3, -0.25) is 0 Å². The number of alkyl halides is 30. The van der Waals surface area contributed by atoms with Crippen molar-refractivity contribution in [3.63, 3.8) is 0 Å². The maximum atomic E-state index is 15.3. The van der Waals surface area contributed by atoms with Crippen LogP contribution in [0.2, 0.25) is 0 Å². The number of halogens is 30. The largest absolute Gasteiger partial charge is 0.384 e. The summed E-state index contributed by atoms with van der Waals surface area (Å²) in [5, 5.41) is 0. The van der Waals surface area contributed by atoms with E-state index in [-0.39, 0.29) is 0 Å². The van der Waals surface area contributed by atoms with Gasteiger partial charge in [-0.1, -0.05) is 0 Å². The SMILES string of the molecule is FC1(F)C(F)(F)C(F)(F)C(F)(C(F)(F)[C@@]2(F)C(F)(F)C(F)(F)[C@@]3(F)C(F)(F)C(F)(F)C(F)(F)C(F)(F)[C@@]3(F)C2(F)F)C(F)(F)C1(F)F. The lowest BCUT2D eigenvalue weighted by atomic mass is 9.49. The van der Waals surface area contributed by atoms with Crippen LogP contribution in [-0.2, 0) is 0 Å². The maximum absolute atomic E-state index is 15.3. The molecule has 0 heterocycles. The summed E-state index contributed by atoms with van der Waals surface area (Å²) in [6.07, 6.45) is 0. The molecule has 0 unspecified atom stereocenters. The molecule has 0 N–H and O–H groups in total. The lowest BCUT2D eigenvalue weighted by Gasteiger charge is -2.66. The quantitative estimate of drug-likeness (QED) is 0.246. The van der Waals surface area contributed by atoms with E-state index in [0.717, 1.165) is 0 Å². The van der Waals surface area contributed by atoms with Crippen LogP contribution in [0.5, 0.6) is 0 Å². The Morgan fingerprint density at radius 2 is 0.340 bits per heavy atom. The molecular weight excluding hydrogens is 774 g/mol. The van der Waals surface area contributed by atoms with Gasteiger partial charge in [0.15, 0.2) is 0 Å². The predicted octanol–water partition coefficient (Wildman–Crippen LogP) is 9.12. The molecule has 0 amide bonds. The van der Waals surface area contributed by atoms with E-state index in [2.05, 4.69) is 0 Å². The van der Waals surface area contributed by atoms with E-state index in [1.165, 1.54) is 0 Å². The normalized spacial score (nSPS) is 41.7. The molecule has 47 heavy (non-hydrogen) atoms. The van der Waals surface area contributed by atoms with Crippen LogP contribution in [-0.4, -0.2) is 99.7 Å². The highest BCUT2D eigenvalue weighted by atomic mass is 19.4. The minimum Gasteiger partial charge on any atom is -0.226 e. The van der Waals surface area contributed by atoms with Crippen molar-refractivity contribution in [2.75, 3.05) is 0 Å². The second-order valence-electron chi connectivity index (χ2n) is 10.1. The van der Waals surface area contributed by atoms with Crippen molar-refractivity contribution >= 4 is 0 Å². The molecular formula is C17F30. The average molecular weight is 774 g/mol. The molecule has 3 atom stereocenters. The van der Waals surface area contributed by atoms with Crippen LogP contribution in [0.15, 0.2) is 0 Å². The Balaban J connectivity index is 2.74. The van der Waals surface area contributed by atoms with Crippen LogP contribution in [0.4, 0.5) is 132 Å². The average Bonchev–Trinajstić information content (AvgIpc) is 2.87. The highest BCUT2D eigenvalue weighted by Gasteiger charge is 3.19. The lowest BCUT2D eigenvalue weighted by Crippen LogP contribution is -3.02. The molecule has 0 radical (unpaired) electrons. The van der Waals surface area contributed by atoms with E-state index in [1.54, 1.807) is 0 Å². The van der Waals surface area contributed by atoms with Crippen molar-refractivity contribution in [3.8, 4) is 0 Å². The highest BCUT2D eigenvalue weighted by molar-refractivity contribution is 5.47. The van der Waals surface area contributed by atoms with E-state index in [4.69, 9.17) is 0 Å². The van der Waals surface area contributed by atoms with Crippen molar-refractivity contribution in [1.29, 1.82) is 0 Å². The van der Waals surface area contributed by atoms with Gasteiger partial charge < -0.3 is 0 Å². The van der Waals surface area contributed by atoms with Crippen LogP contribution >= 0.6 is 0 Å². The molecule has 3 aliphatic carbocycles. The lowest BCUT2D eigenvalue weighted by molar-refractivity contribution is -0.573. The molecule has 0 nitrogen and oxygen atoms in total. The van der Waals surface area contributed by atoms with Crippen LogP contribution in [0.25, 0.3) is 0 Å². The summed E-state index contributed by atoms with van der Waals surface area (Å²) in [7, 11) is 0. The standard InChI is InChI=1S/C17F30/c18-1-2(19,9(30,31)14(40,41)13(38,39)8(1,28)29)7(26,27)10(32,33)3(20,5(1,22)23)6(24,25)4(21)11(34,35)15(42,43)17(46,47)16(44,45)12(4,36)37/t1-,2+,3+/m0/s1. The van der Waals surface area contributed by atoms with E-state index in [0.29, 0.717) is 0 Å². The maximum Gasteiger partial charge on any atom is 0.384 e. The minimum absolute atomic E-state index is 8.79. The van der Waals surface area contributed by atoms with Gasteiger partial charge in [-0.15, -0.1) is 0 Å². The van der Waals surface area contributed by atoms with Crippen LogP contribution in [0, 0.1) is 0 Å². The summed E-state index contributed by atoms with van der Waals surface area (Å²) < 4.78 is 426. The zero-order valence-corrected chi connectivity index (χ0v) is 19.8. The fourth-order valence-corrected chi connectivity index (χ4v) is 5.20. The highest BCUT2D eigenvalue weighted by Crippen LogP contribution is 2.84. The first-order valence-electron chi connectivity index (χ1n) is 10.4. The first-order valence-corrected chi connectivity index (χ1v) is 10.4. The van der Waals surface area contributed by atoms with E-state index in [1.807, 2.05) is 0 Å². The fourth-order valence-electron chi connectivity index (χ4n) is 5.20. The van der Waals surface area contributed by atoms with E-state index < -0.39 is 99.7 Å². The van der Waals surface area contributed by atoms with Crippen molar-refractivity contribution in [2.45, 2.75) is 99.7 Å². The molecule has 0 aromatic carbocycles. The summed E-state index contributed by atoms with van der Waals surface area (Å²) in [6, 6.07) is 0. The third-order valence-corrected chi connectivity index (χ3v) is 7.96. The van der Waals surface area contributed by atoms with Gasteiger partial charge in [-0.25, -0.2) is 17.6 Å². The number of fused-ring (bicyclic) bond motifs is 1. The summed E-state index contributed by atoms with van der Waals surface area (Å²) in [6.45, 7) is 0. The zero-order valence-electron chi connectivity index (χ0n) is 19.8. The Bertz CT molecular complexity index is 1320. The third kappa shape index (κ3) is 2.70. The summed E-state index contributed by atoms with van der Waals surface area (Å²) in [5.41, 5.74) is -40.7. The molecule has 0 saturated heterocycles. The molecule has 278 valence electrons. The van der Waals surface area contributed by atoms with Gasteiger partial charge in [0.05, 0.1) is 0 Å². The van der Waals surface area contributed by atoms with Crippen LogP contribution in [0.1, 0.15) is 0 Å². The molecule has 3 saturated carbocycles. The molecule has 3 rings (SSSR count). The van der Waals surface area contributed by atoms with Gasteiger partial charge in [0, 0.05) is 0 Å². The Kier molecular flexibility index (Phi) is 6.78. The van der Waals surface area contributed by atoms with E-state index >= 15 is 8.78 Å². The predicted molar refractivity (Wildman–Crippen MR) is 79.7 cm³/mol. The molecule has 0 aliphatic heterocycles. The van der Waals surface area contributed by atoms with Crippen molar-refractivity contribution in [1.82, 2.24) is 0 Å². The number of hydrogen-bond donors (Lipinski definition) is 0.